The van der Waals surface area contributed by atoms with Gasteiger partial charge >= 0.3 is 0 Å². The fourth-order valence-electron chi connectivity index (χ4n) is 1.39. The lowest BCUT2D eigenvalue weighted by atomic mass is 10.1. The Hall–Kier alpha value is -1.17. The van der Waals surface area contributed by atoms with Crippen LogP contribution >= 0.6 is 0 Å². The maximum Gasteiger partial charge on any atom is 0.143 e. The molecule has 0 spiro atoms. The SMILES string of the molecule is CC(=O)C12CC1C2.CC(=O)CC#N. The van der Waals surface area contributed by atoms with Crippen molar-refractivity contribution in [2.24, 2.45) is 11.3 Å². The number of hydrogen-bond acceptors (Lipinski definition) is 3. The molecule has 0 radical (unpaired) electrons. The molecule has 2 fully saturated rings. The lowest BCUT2D eigenvalue weighted by Gasteiger charge is -1.89. The van der Waals surface area contributed by atoms with Crippen LogP contribution in [0.15, 0.2) is 0 Å². The molecule has 0 bridgehead atoms. The van der Waals surface area contributed by atoms with E-state index in [1.807, 2.05) is 0 Å². The lowest BCUT2D eigenvalue weighted by molar-refractivity contribution is -0.120. The van der Waals surface area contributed by atoms with Crippen molar-refractivity contribution in [1.82, 2.24) is 0 Å². The van der Waals surface area contributed by atoms with Gasteiger partial charge in [-0.2, -0.15) is 5.26 Å². The molecule has 0 amide bonds. The number of carbonyl (C=O) groups is 2. The highest BCUT2D eigenvalue weighted by Gasteiger charge is 2.72. The average Bonchev–Trinajstić information content (AvgIpc) is 2.69. The fourth-order valence-corrected chi connectivity index (χ4v) is 1.39. The van der Waals surface area contributed by atoms with E-state index in [1.165, 1.54) is 19.8 Å². The van der Waals surface area contributed by atoms with Crippen LogP contribution in [0.25, 0.3) is 0 Å². The molecule has 0 atom stereocenters. The highest BCUT2D eigenvalue weighted by molar-refractivity contribution is 5.89. The Bertz CT molecular complexity index is 282. The first-order chi connectivity index (χ1) is 6.03. The van der Waals surface area contributed by atoms with E-state index in [0.717, 1.165) is 5.92 Å². The van der Waals surface area contributed by atoms with Crippen molar-refractivity contribution in [2.45, 2.75) is 33.1 Å². The van der Waals surface area contributed by atoms with E-state index in [1.54, 1.807) is 13.0 Å². The monoisotopic (exact) mass is 179 g/mol. The van der Waals surface area contributed by atoms with Gasteiger partial charge in [-0.1, -0.05) is 0 Å². The molecule has 0 aliphatic heterocycles. The molecule has 70 valence electrons. The zero-order valence-electron chi connectivity index (χ0n) is 7.96. The molecule has 0 aromatic rings. The van der Waals surface area contributed by atoms with Crippen LogP contribution in [0.1, 0.15) is 33.1 Å². The predicted octanol–water partition coefficient (Wildman–Crippen LogP) is 1.47. The Morgan fingerprint density at radius 1 is 1.46 bits per heavy atom. The molecule has 0 N–H and O–H groups in total. The first kappa shape index (κ1) is 9.91. The third-order valence-corrected chi connectivity index (χ3v) is 2.71. The molecule has 2 aliphatic carbocycles. The number of fused-ring (bicyclic) bond motifs is 1. The van der Waals surface area contributed by atoms with Crippen molar-refractivity contribution in [3.8, 4) is 6.07 Å². The second-order valence-electron chi connectivity index (χ2n) is 3.85. The van der Waals surface area contributed by atoms with E-state index >= 15 is 0 Å². The van der Waals surface area contributed by atoms with Gasteiger partial charge in [-0.25, -0.2) is 0 Å². The van der Waals surface area contributed by atoms with Crippen LogP contribution in [0.4, 0.5) is 0 Å². The molecule has 0 aromatic heterocycles. The number of hydrogen-bond donors (Lipinski definition) is 0. The summed E-state index contributed by atoms with van der Waals surface area (Å²) in [5.74, 6) is 1.19. The molecule has 3 heteroatoms. The van der Waals surface area contributed by atoms with Gasteiger partial charge < -0.3 is 0 Å². The second kappa shape index (κ2) is 3.29. The van der Waals surface area contributed by atoms with Crippen LogP contribution in [-0.2, 0) is 9.59 Å². The summed E-state index contributed by atoms with van der Waals surface area (Å²) in [4.78, 5) is 20.4. The van der Waals surface area contributed by atoms with Crippen molar-refractivity contribution in [1.29, 1.82) is 5.26 Å². The first-order valence-corrected chi connectivity index (χ1v) is 4.40. The maximum atomic E-state index is 10.6. The number of rotatable bonds is 2. The van der Waals surface area contributed by atoms with Crippen LogP contribution in [0.5, 0.6) is 0 Å². The summed E-state index contributed by atoms with van der Waals surface area (Å²) >= 11 is 0. The molecule has 0 aromatic carbocycles. The average molecular weight is 179 g/mol. The predicted molar refractivity (Wildman–Crippen MR) is 46.7 cm³/mol. The van der Waals surface area contributed by atoms with Crippen molar-refractivity contribution in [3.05, 3.63) is 0 Å². The molecular weight excluding hydrogens is 166 g/mol. The highest BCUT2D eigenvalue weighted by atomic mass is 16.1. The minimum Gasteiger partial charge on any atom is -0.299 e. The molecule has 0 saturated heterocycles. The molecular formula is C10H13NO2. The Morgan fingerprint density at radius 3 is 1.92 bits per heavy atom. The van der Waals surface area contributed by atoms with Crippen molar-refractivity contribution in [2.75, 3.05) is 0 Å². The third kappa shape index (κ3) is 2.15. The summed E-state index contributed by atoms with van der Waals surface area (Å²) in [6.07, 6.45) is 2.46. The zero-order valence-corrected chi connectivity index (χ0v) is 7.96. The smallest absolute Gasteiger partial charge is 0.143 e. The van der Waals surface area contributed by atoms with Gasteiger partial charge in [-0.3, -0.25) is 9.59 Å². The van der Waals surface area contributed by atoms with Crippen molar-refractivity contribution < 1.29 is 9.59 Å². The summed E-state index contributed by atoms with van der Waals surface area (Å²) in [6, 6.07) is 1.72. The normalized spacial score (nSPS) is 31.6. The van der Waals surface area contributed by atoms with Gasteiger partial charge in [-0.05, 0) is 32.6 Å². The van der Waals surface area contributed by atoms with Gasteiger partial charge in [0.2, 0.25) is 0 Å². The van der Waals surface area contributed by atoms with E-state index < -0.39 is 0 Å². The first-order valence-electron chi connectivity index (χ1n) is 4.40. The number of Topliss-reactive ketones (excluding diaryl/α,β-unsaturated/α-hetero) is 2. The Balaban J connectivity index is 0.000000133. The molecule has 0 unspecified atom stereocenters. The number of carbonyl (C=O) groups excluding carboxylic acids is 2. The molecule has 2 aliphatic rings. The topological polar surface area (TPSA) is 57.9 Å². The van der Waals surface area contributed by atoms with E-state index in [9.17, 15) is 9.59 Å². The van der Waals surface area contributed by atoms with Gasteiger partial charge in [0.15, 0.2) is 0 Å². The van der Waals surface area contributed by atoms with Crippen LogP contribution < -0.4 is 0 Å². The van der Waals surface area contributed by atoms with Crippen LogP contribution in [0, 0.1) is 22.7 Å². The summed E-state index contributed by atoms with van der Waals surface area (Å²) in [6.45, 7) is 3.11. The zero-order chi connectivity index (χ0) is 10.1. The largest absolute Gasteiger partial charge is 0.299 e. The van der Waals surface area contributed by atoms with Gasteiger partial charge in [0.1, 0.15) is 11.6 Å². The fraction of sp³-hybridized carbons (Fsp3) is 0.700. The van der Waals surface area contributed by atoms with E-state index in [-0.39, 0.29) is 17.6 Å². The molecule has 13 heavy (non-hydrogen) atoms. The third-order valence-electron chi connectivity index (χ3n) is 2.71. The van der Waals surface area contributed by atoms with Gasteiger partial charge in [0, 0.05) is 5.41 Å². The van der Waals surface area contributed by atoms with Crippen LogP contribution in [0.3, 0.4) is 0 Å². The Labute approximate surface area is 77.7 Å². The molecule has 2 saturated carbocycles. The standard InChI is InChI=1S/C6H8O.C4H5NO/c1-4(7)6-2-5(6)3-6;1-4(6)2-3-5/h5H,2-3H2,1H3;2H2,1H3. The lowest BCUT2D eigenvalue weighted by Crippen LogP contribution is -1.98. The molecule has 2 rings (SSSR count). The summed E-state index contributed by atoms with van der Waals surface area (Å²) in [7, 11) is 0. The van der Waals surface area contributed by atoms with Gasteiger partial charge in [0.25, 0.3) is 0 Å². The van der Waals surface area contributed by atoms with Crippen LogP contribution in [-0.4, -0.2) is 11.6 Å². The number of ketones is 2. The maximum absolute atomic E-state index is 10.6. The molecule has 3 nitrogen and oxygen atoms in total. The summed E-state index contributed by atoms with van der Waals surface area (Å²) in [5, 5.41) is 7.77. The van der Waals surface area contributed by atoms with Gasteiger partial charge in [-0.15, -0.1) is 0 Å². The highest BCUT2D eigenvalue weighted by Crippen LogP contribution is 2.75. The number of nitrogens with zero attached hydrogens (tertiary/aromatic N) is 1. The van der Waals surface area contributed by atoms with Gasteiger partial charge in [0.05, 0.1) is 12.5 Å². The number of nitriles is 1. The van der Waals surface area contributed by atoms with E-state index in [4.69, 9.17) is 5.26 Å². The summed E-state index contributed by atoms with van der Waals surface area (Å²) in [5.41, 5.74) is 0.278. The minimum absolute atomic E-state index is 0.0417. The van der Waals surface area contributed by atoms with E-state index in [2.05, 4.69) is 0 Å². The van der Waals surface area contributed by atoms with Crippen molar-refractivity contribution >= 4 is 11.6 Å². The second-order valence-corrected chi connectivity index (χ2v) is 3.85. The van der Waals surface area contributed by atoms with E-state index in [0.29, 0.717) is 5.78 Å². The molecule has 0 heterocycles. The Kier molecular flexibility index (Phi) is 2.51. The Morgan fingerprint density at radius 2 is 1.92 bits per heavy atom. The summed E-state index contributed by atoms with van der Waals surface area (Å²) < 4.78 is 0. The minimum atomic E-state index is -0.0718. The van der Waals surface area contributed by atoms with Crippen LogP contribution in [0.2, 0.25) is 0 Å². The quantitative estimate of drug-likeness (QED) is 0.645. The van der Waals surface area contributed by atoms with Crippen molar-refractivity contribution in [3.63, 3.8) is 0 Å².